The second kappa shape index (κ2) is 12.3. The zero-order valence-corrected chi connectivity index (χ0v) is 25.6. The molecule has 0 N–H and O–H groups in total. The smallest absolute Gasteiger partial charge is 0.319 e. The Morgan fingerprint density at radius 3 is 2.84 bits per heavy atom. The largest absolute Gasteiger partial charge is 0.462 e. The Balaban J connectivity index is 1.38. The number of nitriles is 1. The number of hydrogen-bond donors (Lipinski definition) is 0. The fourth-order valence-electron chi connectivity index (χ4n) is 6.99. The maximum atomic E-state index is 14.6. The van der Waals surface area contributed by atoms with Gasteiger partial charge in [0.05, 0.1) is 24.6 Å². The van der Waals surface area contributed by atoms with Crippen LogP contribution in [0.15, 0.2) is 41.8 Å². The van der Waals surface area contributed by atoms with E-state index in [1.165, 1.54) is 11.6 Å². The average Bonchev–Trinajstić information content (AvgIpc) is 3.45. The molecule has 2 saturated heterocycles. The van der Waals surface area contributed by atoms with Crippen LogP contribution >= 0.6 is 11.8 Å². The number of ether oxygens (including phenoxy) is 2. The Hall–Kier alpha value is -3.46. The summed E-state index contributed by atoms with van der Waals surface area (Å²) < 4.78 is 11.4. The van der Waals surface area contributed by atoms with E-state index in [0.29, 0.717) is 57.0 Å². The Kier molecular flexibility index (Phi) is 8.45. The van der Waals surface area contributed by atoms with Crippen molar-refractivity contribution in [2.24, 2.45) is 0 Å². The van der Waals surface area contributed by atoms with E-state index in [1.54, 1.807) is 23.8 Å². The van der Waals surface area contributed by atoms with Crippen molar-refractivity contribution in [3.63, 3.8) is 0 Å². The fraction of sp³-hybridized carbons (Fsp3) is 0.531. The molecule has 226 valence electrons. The summed E-state index contributed by atoms with van der Waals surface area (Å²) in [5, 5.41) is 9.53. The first-order valence-corrected chi connectivity index (χ1v) is 15.8. The summed E-state index contributed by atoms with van der Waals surface area (Å²) in [6.07, 6.45) is 5.20. The van der Waals surface area contributed by atoms with Crippen LogP contribution in [0.3, 0.4) is 0 Å². The van der Waals surface area contributed by atoms with E-state index in [-0.39, 0.29) is 42.3 Å². The van der Waals surface area contributed by atoms with Crippen molar-refractivity contribution >= 4 is 29.3 Å². The predicted octanol–water partition coefficient (Wildman–Crippen LogP) is 3.30. The molecular formula is C32H38N6O4S. The lowest BCUT2D eigenvalue weighted by molar-refractivity contribution is -0.128. The molecule has 4 heterocycles. The summed E-state index contributed by atoms with van der Waals surface area (Å²) >= 11 is 1.59. The molecule has 1 aromatic carbocycles. The van der Waals surface area contributed by atoms with Gasteiger partial charge in [-0.2, -0.15) is 15.2 Å². The first-order chi connectivity index (χ1) is 20.9. The number of anilines is 1. The van der Waals surface area contributed by atoms with Gasteiger partial charge in [0.15, 0.2) is 0 Å². The zero-order chi connectivity index (χ0) is 30.1. The molecule has 1 spiro atoms. The van der Waals surface area contributed by atoms with E-state index in [1.807, 2.05) is 12.1 Å². The molecule has 1 aromatic heterocycles. The van der Waals surface area contributed by atoms with E-state index in [9.17, 15) is 14.9 Å². The average molecular weight is 603 g/mol. The number of rotatable bonds is 7. The molecule has 43 heavy (non-hydrogen) atoms. The second-order valence-corrected chi connectivity index (χ2v) is 13.2. The molecule has 4 atom stereocenters. The minimum atomic E-state index is -0.802. The van der Waals surface area contributed by atoms with Gasteiger partial charge < -0.3 is 24.2 Å². The molecule has 11 heteroatoms. The summed E-state index contributed by atoms with van der Waals surface area (Å²) in [6, 6.07) is 10.6. The number of nitrogens with zero attached hydrogens (tertiary/aromatic N) is 6. The number of aromatic nitrogens is 2. The number of benzene rings is 1. The predicted molar refractivity (Wildman–Crippen MR) is 164 cm³/mol. The van der Waals surface area contributed by atoms with Crippen molar-refractivity contribution in [3.05, 3.63) is 53.7 Å². The van der Waals surface area contributed by atoms with Gasteiger partial charge in [-0.05, 0) is 57.0 Å². The van der Waals surface area contributed by atoms with Crippen LogP contribution in [0, 0.1) is 11.3 Å². The Morgan fingerprint density at radius 1 is 1.26 bits per heavy atom. The molecule has 1 amide bonds. The number of likely N-dealkylation sites (tertiary alicyclic amines) is 1. The van der Waals surface area contributed by atoms with E-state index in [2.05, 4.69) is 41.6 Å². The number of Topliss-reactive ketones (excluding diaryl/α,β-unsaturated/α-hetero) is 1. The van der Waals surface area contributed by atoms with E-state index < -0.39 is 4.75 Å². The minimum absolute atomic E-state index is 0.0550. The van der Waals surface area contributed by atoms with Gasteiger partial charge in [-0.15, -0.1) is 11.8 Å². The highest BCUT2D eigenvalue weighted by atomic mass is 32.2. The van der Waals surface area contributed by atoms with Crippen LogP contribution < -0.4 is 9.64 Å². The third-order valence-corrected chi connectivity index (χ3v) is 11.1. The third-order valence-electron chi connectivity index (χ3n) is 9.43. The lowest BCUT2D eigenvalue weighted by Crippen LogP contribution is -2.56. The topological polar surface area (TPSA) is 112 Å². The van der Waals surface area contributed by atoms with Crippen LogP contribution in [0.4, 0.5) is 5.82 Å². The van der Waals surface area contributed by atoms with Crippen LogP contribution in [0.1, 0.15) is 47.3 Å². The quantitative estimate of drug-likeness (QED) is 0.438. The van der Waals surface area contributed by atoms with Gasteiger partial charge in [0.25, 0.3) is 0 Å². The Morgan fingerprint density at radius 2 is 2.09 bits per heavy atom. The van der Waals surface area contributed by atoms with Crippen molar-refractivity contribution in [1.29, 1.82) is 5.26 Å². The van der Waals surface area contributed by atoms with Crippen LogP contribution in [0.2, 0.25) is 0 Å². The highest BCUT2D eigenvalue weighted by molar-refractivity contribution is 8.01. The molecule has 2 aromatic rings. The standard InChI is InChI=1S/C32H38N6O4S/c1-4-27(39)38-17-16-37(19-22(38)12-14-33)30-24-11-13-32(26(41-3)18-21-8-5-6-10-25(21)43-32)29(40)28(24)34-31(35-30)42-20-23-9-7-15-36(23)2/h4-6,8,10,22-23,26H,1,7,9,11-13,15-20H2,2-3H3/t22?,23?,26?,32-/m0/s1. The number of methoxy groups -OCH3 is 1. The number of carbonyl (C=O) groups is 2. The first kappa shape index (κ1) is 29.6. The molecule has 3 aliphatic heterocycles. The van der Waals surface area contributed by atoms with Crippen LogP contribution in [-0.2, 0) is 22.4 Å². The number of hydrogen-bond acceptors (Lipinski definition) is 10. The van der Waals surface area contributed by atoms with Gasteiger partial charge in [0, 0.05) is 49.7 Å². The lowest BCUT2D eigenvalue weighted by atomic mass is 9.79. The van der Waals surface area contributed by atoms with E-state index in [0.717, 1.165) is 29.8 Å². The highest BCUT2D eigenvalue weighted by Gasteiger charge is 2.54. The Labute approximate surface area is 257 Å². The van der Waals surface area contributed by atoms with E-state index in [4.69, 9.17) is 19.4 Å². The molecule has 10 nitrogen and oxygen atoms in total. The molecule has 0 saturated carbocycles. The summed E-state index contributed by atoms with van der Waals surface area (Å²) in [5.41, 5.74) is 2.38. The van der Waals surface area contributed by atoms with Gasteiger partial charge in [0.1, 0.15) is 22.9 Å². The number of fused-ring (bicyclic) bond motifs is 2. The van der Waals surface area contributed by atoms with Crippen molar-refractivity contribution in [3.8, 4) is 12.1 Å². The Bertz CT molecular complexity index is 1460. The van der Waals surface area contributed by atoms with E-state index >= 15 is 0 Å². The van der Waals surface area contributed by atoms with Gasteiger partial charge in [0.2, 0.25) is 11.7 Å². The normalized spacial score (nSPS) is 27.0. The monoisotopic (exact) mass is 602 g/mol. The number of thioether (sulfide) groups is 1. The van der Waals surface area contributed by atoms with Crippen molar-refractivity contribution in [2.75, 3.05) is 51.8 Å². The maximum Gasteiger partial charge on any atom is 0.319 e. The number of amides is 1. The first-order valence-electron chi connectivity index (χ1n) is 15.0. The molecule has 0 radical (unpaired) electrons. The number of piperazine rings is 1. The zero-order valence-electron chi connectivity index (χ0n) is 24.8. The van der Waals surface area contributed by atoms with Crippen molar-refractivity contribution in [1.82, 2.24) is 19.8 Å². The van der Waals surface area contributed by atoms with Crippen molar-refractivity contribution < 1.29 is 19.1 Å². The minimum Gasteiger partial charge on any atom is -0.462 e. The van der Waals surface area contributed by atoms with Gasteiger partial charge in [-0.1, -0.05) is 24.8 Å². The van der Waals surface area contributed by atoms with Gasteiger partial charge >= 0.3 is 6.01 Å². The SMILES string of the molecule is C=CC(=O)N1CCN(c2nc(OCC3CCCN3C)nc3c2CC[C@@]2(Sc4ccccc4CC2OC)C3=O)CC1CC#N. The van der Waals surface area contributed by atoms with Crippen molar-refractivity contribution in [2.45, 2.75) is 66.4 Å². The third kappa shape index (κ3) is 5.41. The molecule has 3 unspecified atom stereocenters. The summed E-state index contributed by atoms with van der Waals surface area (Å²) in [6.45, 7) is 6.46. The number of likely N-dealkylation sites (N-methyl/N-ethyl adjacent to an activating group) is 1. The van der Waals surface area contributed by atoms with Gasteiger partial charge in [-0.3, -0.25) is 9.59 Å². The van der Waals surface area contributed by atoms with Crippen LogP contribution in [0.25, 0.3) is 0 Å². The molecule has 1 aliphatic carbocycles. The molecular weight excluding hydrogens is 564 g/mol. The van der Waals surface area contributed by atoms with Gasteiger partial charge in [-0.25, -0.2) is 0 Å². The molecule has 0 bridgehead atoms. The number of carbonyl (C=O) groups excluding carboxylic acids is 2. The van der Waals surface area contributed by atoms with Crippen LogP contribution in [0.5, 0.6) is 6.01 Å². The summed E-state index contributed by atoms with van der Waals surface area (Å²) in [5.74, 6) is 0.416. The molecule has 4 aliphatic rings. The molecule has 2 fully saturated rings. The lowest BCUT2D eigenvalue weighted by Gasteiger charge is -2.45. The fourth-order valence-corrected chi connectivity index (χ4v) is 8.52. The summed E-state index contributed by atoms with van der Waals surface area (Å²) in [4.78, 5) is 44.1. The highest BCUT2D eigenvalue weighted by Crippen LogP contribution is 2.51. The maximum absolute atomic E-state index is 14.6. The number of ketones is 1. The van der Waals surface area contributed by atoms with Crippen LogP contribution in [-0.4, -0.2) is 101 Å². The summed E-state index contributed by atoms with van der Waals surface area (Å²) in [7, 11) is 3.77. The molecule has 6 rings (SSSR count). The second-order valence-electron chi connectivity index (χ2n) is 11.8.